The van der Waals surface area contributed by atoms with Gasteiger partial charge in [0, 0.05) is 21.5 Å². The number of para-hydroxylation sites is 1. The number of thiazole rings is 1. The number of thioether (sulfide) groups is 1. The molecule has 0 aliphatic carbocycles. The van der Waals surface area contributed by atoms with Crippen molar-refractivity contribution in [1.29, 1.82) is 0 Å². The molecule has 0 saturated carbocycles. The normalized spacial score (nSPS) is 10.8. The number of nitrogens with one attached hydrogen (secondary N) is 1. The zero-order chi connectivity index (χ0) is 16.9. The summed E-state index contributed by atoms with van der Waals surface area (Å²) < 4.78 is 7.11. The Labute approximate surface area is 156 Å². The Hall–Kier alpha value is -1.57. The zero-order valence-electron chi connectivity index (χ0n) is 12.9. The number of benzene rings is 2. The highest BCUT2D eigenvalue weighted by Crippen LogP contribution is 2.31. The minimum atomic E-state index is -0.0220. The standard InChI is InChI=1S/C17H15BrN2O2S2/c1-22-11-5-7-12(8-6-11)23-10-9-15(21)19-17-20-16-13(18)3-2-4-14(16)24-17/h2-8H,9-10H2,1H3,(H,19,20,21). The van der Waals surface area contributed by atoms with Crippen LogP contribution in [0.3, 0.4) is 0 Å². The molecule has 4 nitrogen and oxygen atoms in total. The maximum absolute atomic E-state index is 12.1. The number of methoxy groups -OCH3 is 1. The van der Waals surface area contributed by atoms with E-state index in [-0.39, 0.29) is 5.91 Å². The molecule has 0 unspecified atom stereocenters. The van der Waals surface area contributed by atoms with Crippen molar-refractivity contribution in [3.05, 3.63) is 46.9 Å². The van der Waals surface area contributed by atoms with Crippen molar-refractivity contribution < 1.29 is 9.53 Å². The number of aromatic nitrogens is 1. The number of fused-ring (bicyclic) bond motifs is 1. The summed E-state index contributed by atoms with van der Waals surface area (Å²) in [7, 11) is 1.65. The van der Waals surface area contributed by atoms with E-state index in [2.05, 4.69) is 26.2 Å². The molecular weight excluding hydrogens is 408 g/mol. The van der Waals surface area contributed by atoms with Crippen LogP contribution in [0.5, 0.6) is 5.75 Å². The van der Waals surface area contributed by atoms with Crippen molar-refractivity contribution in [2.75, 3.05) is 18.2 Å². The number of amides is 1. The Morgan fingerprint density at radius 1 is 1.29 bits per heavy atom. The number of hydrogen-bond donors (Lipinski definition) is 1. The van der Waals surface area contributed by atoms with Gasteiger partial charge in [0.25, 0.3) is 0 Å². The Bertz CT molecular complexity index is 849. The largest absolute Gasteiger partial charge is 0.497 e. The molecule has 124 valence electrons. The van der Waals surface area contributed by atoms with Gasteiger partial charge in [0.1, 0.15) is 5.75 Å². The van der Waals surface area contributed by atoms with E-state index in [0.29, 0.717) is 17.3 Å². The average Bonchev–Trinajstić information content (AvgIpc) is 2.99. The molecule has 0 fully saturated rings. The van der Waals surface area contributed by atoms with Crippen LogP contribution in [0.1, 0.15) is 6.42 Å². The molecule has 1 N–H and O–H groups in total. The van der Waals surface area contributed by atoms with Crippen molar-refractivity contribution in [2.45, 2.75) is 11.3 Å². The summed E-state index contributed by atoms with van der Waals surface area (Å²) in [6.07, 6.45) is 0.438. The fourth-order valence-corrected chi connectivity index (χ4v) is 4.43. The number of nitrogens with zero attached hydrogens (tertiary/aromatic N) is 1. The molecule has 0 aliphatic rings. The lowest BCUT2D eigenvalue weighted by molar-refractivity contribution is -0.115. The first-order valence-electron chi connectivity index (χ1n) is 7.27. The van der Waals surface area contributed by atoms with E-state index in [0.717, 1.165) is 25.3 Å². The predicted molar refractivity (Wildman–Crippen MR) is 104 cm³/mol. The van der Waals surface area contributed by atoms with Crippen LogP contribution in [0.4, 0.5) is 5.13 Å². The van der Waals surface area contributed by atoms with Gasteiger partial charge in [0.15, 0.2) is 5.13 Å². The van der Waals surface area contributed by atoms with Crippen molar-refractivity contribution >= 4 is 60.3 Å². The number of anilines is 1. The summed E-state index contributed by atoms with van der Waals surface area (Å²) in [6.45, 7) is 0. The number of halogens is 1. The van der Waals surface area contributed by atoms with Crippen LogP contribution in [0, 0.1) is 0 Å². The van der Waals surface area contributed by atoms with E-state index in [1.54, 1.807) is 18.9 Å². The summed E-state index contributed by atoms with van der Waals surface area (Å²) in [5.74, 6) is 1.53. The summed E-state index contributed by atoms with van der Waals surface area (Å²) in [4.78, 5) is 17.6. The molecule has 2 aromatic carbocycles. The van der Waals surface area contributed by atoms with E-state index >= 15 is 0 Å². The van der Waals surface area contributed by atoms with Gasteiger partial charge in [-0.2, -0.15) is 0 Å². The van der Waals surface area contributed by atoms with Gasteiger partial charge in [-0.3, -0.25) is 4.79 Å². The van der Waals surface area contributed by atoms with Crippen molar-refractivity contribution in [1.82, 2.24) is 4.98 Å². The molecule has 0 saturated heterocycles. The SMILES string of the molecule is COc1ccc(SCCC(=O)Nc2nc3c(Br)cccc3s2)cc1. The molecule has 1 amide bonds. The van der Waals surface area contributed by atoms with Crippen LogP contribution >= 0.6 is 39.0 Å². The monoisotopic (exact) mass is 422 g/mol. The Balaban J connectivity index is 1.52. The molecule has 1 aromatic heterocycles. The Morgan fingerprint density at radius 2 is 2.08 bits per heavy atom. The topological polar surface area (TPSA) is 51.2 Å². The minimum absolute atomic E-state index is 0.0220. The van der Waals surface area contributed by atoms with Gasteiger partial charge in [-0.25, -0.2) is 4.98 Å². The van der Waals surface area contributed by atoms with Crippen LogP contribution in [0.25, 0.3) is 10.2 Å². The second-order valence-electron chi connectivity index (χ2n) is 4.93. The van der Waals surface area contributed by atoms with Gasteiger partial charge in [0.2, 0.25) is 5.91 Å². The molecule has 0 atom stereocenters. The molecule has 0 spiro atoms. The van der Waals surface area contributed by atoms with Gasteiger partial charge in [-0.15, -0.1) is 11.8 Å². The molecule has 3 aromatic rings. The summed E-state index contributed by atoms with van der Waals surface area (Å²) in [5, 5.41) is 3.51. The van der Waals surface area contributed by atoms with Crippen molar-refractivity contribution in [3.63, 3.8) is 0 Å². The highest BCUT2D eigenvalue weighted by atomic mass is 79.9. The Kier molecular flexibility index (Phi) is 5.76. The molecule has 0 radical (unpaired) electrons. The lowest BCUT2D eigenvalue weighted by Crippen LogP contribution is -2.11. The predicted octanol–water partition coefficient (Wildman–Crippen LogP) is 5.19. The number of rotatable bonds is 6. The van der Waals surface area contributed by atoms with Gasteiger partial charge in [-0.1, -0.05) is 17.4 Å². The van der Waals surface area contributed by atoms with E-state index < -0.39 is 0 Å². The smallest absolute Gasteiger partial charge is 0.226 e. The van der Waals surface area contributed by atoms with Gasteiger partial charge in [0.05, 0.1) is 17.3 Å². The fourth-order valence-electron chi connectivity index (χ4n) is 2.08. The van der Waals surface area contributed by atoms with Crippen molar-refractivity contribution in [2.24, 2.45) is 0 Å². The summed E-state index contributed by atoms with van der Waals surface area (Å²) >= 11 is 6.60. The first kappa shape index (κ1) is 17.3. The quantitative estimate of drug-likeness (QED) is 0.555. The third-order valence-electron chi connectivity index (χ3n) is 3.27. The number of carbonyl (C=O) groups is 1. The third-order valence-corrected chi connectivity index (χ3v) is 5.86. The summed E-state index contributed by atoms with van der Waals surface area (Å²) in [5.41, 5.74) is 0.880. The molecule has 1 heterocycles. The van der Waals surface area contributed by atoms with Crippen LogP contribution in [-0.4, -0.2) is 23.8 Å². The highest BCUT2D eigenvalue weighted by molar-refractivity contribution is 9.10. The van der Waals surface area contributed by atoms with Gasteiger partial charge < -0.3 is 10.1 Å². The maximum atomic E-state index is 12.1. The van der Waals surface area contributed by atoms with E-state index in [1.165, 1.54) is 11.3 Å². The lowest BCUT2D eigenvalue weighted by atomic mass is 10.3. The maximum Gasteiger partial charge on any atom is 0.226 e. The first-order chi connectivity index (χ1) is 11.7. The average molecular weight is 423 g/mol. The second-order valence-corrected chi connectivity index (χ2v) is 7.98. The molecule has 3 rings (SSSR count). The molecular formula is C17H15BrN2O2S2. The van der Waals surface area contributed by atoms with E-state index in [4.69, 9.17) is 4.74 Å². The minimum Gasteiger partial charge on any atom is -0.497 e. The van der Waals surface area contributed by atoms with Crippen LogP contribution < -0.4 is 10.1 Å². The summed E-state index contributed by atoms with van der Waals surface area (Å²) in [6, 6.07) is 13.7. The first-order valence-corrected chi connectivity index (χ1v) is 9.87. The lowest BCUT2D eigenvalue weighted by Gasteiger charge is -2.04. The highest BCUT2D eigenvalue weighted by Gasteiger charge is 2.09. The fraction of sp³-hybridized carbons (Fsp3) is 0.176. The van der Waals surface area contributed by atoms with Crippen LogP contribution in [-0.2, 0) is 4.79 Å². The third kappa shape index (κ3) is 4.28. The second kappa shape index (κ2) is 8.00. The molecule has 0 bridgehead atoms. The molecule has 0 aliphatic heterocycles. The van der Waals surface area contributed by atoms with Crippen molar-refractivity contribution in [3.8, 4) is 5.75 Å². The zero-order valence-corrected chi connectivity index (χ0v) is 16.1. The number of ether oxygens (including phenoxy) is 1. The van der Waals surface area contributed by atoms with Gasteiger partial charge in [-0.05, 0) is 52.3 Å². The van der Waals surface area contributed by atoms with E-state index in [1.807, 2.05) is 42.5 Å². The van der Waals surface area contributed by atoms with E-state index in [9.17, 15) is 4.79 Å². The molecule has 24 heavy (non-hydrogen) atoms. The van der Waals surface area contributed by atoms with Crippen LogP contribution in [0.15, 0.2) is 51.8 Å². The molecule has 7 heteroatoms. The Morgan fingerprint density at radius 3 is 2.79 bits per heavy atom. The van der Waals surface area contributed by atoms with Crippen LogP contribution in [0.2, 0.25) is 0 Å². The number of carbonyl (C=O) groups excluding carboxylic acids is 1. The number of hydrogen-bond acceptors (Lipinski definition) is 5. The van der Waals surface area contributed by atoms with Gasteiger partial charge >= 0.3 is 0 Å².